The molecule has 6 rings (SSSR count). The Morgan fingerprint density at radius 3 is 2.65 bits per heavy atom. The van der Waals surface area contributed by atoms with E-state index in [0.29, 0.717) is 12.4 Å². The summed E-state index contributed by atoms with van der Waals surface area (Å²) < 4.78 is 13.4. The van der Waals surface area contributed by atoms with Crippen LogP contribution in [0.15, 0.2) is 51.8 Å². The number of aryl methyl sites for hydroxylation is 4. The largest absolute Gasteiger partial charge is 0.488 e. The van der Waals surface area contributed by atoms with Crippen molar-refractivity contribution in [1.82, 2.24) is 24.7 Å². The SMILES string of the molecule is CCc1nc2c(C)cc(C)nc2n1-c1cc(C)c2c(c1)OCc1ccccc1/C2=C(/C)c1noc(=O)[nH]1. The topological polar surface area (TPSA) is 98.8 Å². The summed E-state index contributed by atoms with van der Waals surface area (Å²) in [5, 5.41) is 3.97. The normalized spacial score (nSPS) is 14.2. The number of ether oxygens (including phenoxy) is 1. The lowest BCUT2D eigenvalue weighted by atomic mass is 9.88. The Morgan fingerprint density at radius 1 is 1.08 bits per heavy atom. The summed E-state index contributed by atoms with van der Waals surface area (Å²) in [4.78, 5) is 24.2. The molecular formula is C29H27N5O3. The van der Waals surface area contributed by atoms with Gasteiger partial charge in [-0.1, -0.05) is 36.3 Å². The zero-order valence-electron chi connectivity index (χ0n) is 21.5. The van der Waals surface area contributed by atoms with Gasteiger partial charge in [-0.2, -0.15) is 0 Å². The summed E-state index contributed by atoms with van der Waals surface area (Å²) in [6, 6.07) is 14.4. The fraction of sp³-hybridized carbons (Fsp3) is 0.241. The Hall–Kier alpha value is -4.46. The maximum absolute atomic E-state index is 11.7. The number of H-pyrrole nitrogens is 1. The third-order valence-corrected chi connectivity index (χ3v) is 6.95. The molecule has 0 spiro atoms. The molecule has 0 unspecified atom stereocenters. The molecule has 1 aliphatic heterocycles. The van der Waals surface area contributed by atoms with E-state index in [0.717, 1.165) is 79.5 Å². The molecule has 3 aromatic heterocycles. The number of fused-ring (bicyclic) bond motifs is 3. The lowest BCUT2D eigenvalue weighted by Gasteiger charge is -2.18. The Morgan fingerprint density at radius 2 is 1.89 bits per heavy atom. The minimum absolute atomic E-state index is 0.398. The van der Waals surface area contributed by atoms with Gasteiger partial charge < -0.3 is 4.74 Å². The van der Waals surface area contributed by atoms with Gasteiger partial charge in [0.05, 0.1) is 5.69 Å². The van der Waals surface area contributed by atoms with Crippen LogP contribution < -0.4 is 10.5 Å². The molecule has 8 nitrogen and oxygen atoms in total. The zero-order valence-corrected chi connectivity index (χ0v) is 21.5. The Kier molecular flexibility index (Phi) is 5.33. The van der Waals surface area contributed by atoms with Crippen molar-refractivity contribution >= 4 is 22.3 Å². The lowest BCUT2D eigenvalue weighted by molar-refractivity contribution is 0.307. The number of pyridine rings is 1. The molecule has 0 amide bonds. The molecule has 0 radical (unpaired) electrons. The van der Waals surface area contributed by atoms with Crippen LogP contribution in [-0.4, -0.2) is 24.7 Å². The third-order valence-electron chi connectivity index (χ3n) is 6.95. The molecule has 1 N–H and O–H groups in total. The van der Waals surface area contributed by atoms with Gasteiger partial charge in [-0.25, -0.2) is 14.8 Å². The van der Waals surface area contributed by atoms with Gasteiger partial charge in [0.2, 0.25) is 0 Å². The highest BCUT2D eigenvalue weighted by Crippen LogP contribution is 2.43. The van der Waals surface area contributed by atoms with Crippen molar-refractivity contribution in [2.24, 2.45) is 0 Å². The lowest BCUT2D eigenvalue weighted by Crippen LogP contribution is -2.05. The smallest absolute Gasteiger partial charge is 0.439 e. The van der Waals surface area contributed by atoms with Crippen molar-refractivity contribution in [3.05, 3.63) is 98.2 Å². The predicted octanol–water partition coefficient (Wildman–Crippen LogP) is 5.46. The van der Waals surface area contributed by atoms with E-state index in [-0.39, 0.29) is 0 Å². The first kappa shape index (κ1) is 23.0. The van der Waals surface area contributed by atoms with Crippen molar-refractivity contribution in [1.29, 1.82) is 0 Å². The maximum atomic E-state index is 11.7. The van der Waals surface area contributed by atoms with Crippen LogP contribution in [0.1, 0.15) is 59.0 Å². The second-order valence-corrected chi connectivity index (χ2v) is 9.50. The van der Waals surface area contributed by atoms with Crippen molar-refractivity contribution in [2.45, 2.75) is 47.6 Å². The van der Waals surface area contributed by atoms with Crippen LogP contribution >= 0.6 is 0 Å². The summed E-state index contributed by atoms with van der Waals surface area (Å²) in [6.45, 7) is 10.6. The van der Waals surface area contributed by atoms with E-state index in [1.165, 1.54) is 0 Å². The first-order valence-electron chi connectivity index (χ1n) is 12.3. The van der Waals surface area contributed by atoms with Crippen LogP contribution in [0, 0.1) is 20.8 Å². The molecule has 5 aromatic rings. The van der Waals surface area contributed by atoms with Gasteiger partial charge in [0, 0.05) is 29.3 Å². The predicted molar refractivity (Wildman–Crippen MR) is 142 cm³/mol. The monoisotopic (exact) mass is 493 g/mol. The molecule has 37 heavy (non-hydrogen) atoms. The molecule has 0 fully saturated rings. The van der Waals surface area contributed by atoms with Crippen LogP contribution in [0.25, 0.3) is 28.0 Å². The van der Waals surface area contributed by atoms with E-state index in [4.69, 9.17) is 19.2 Å². The van der Waals surface area contributed by atoms with Gasteiger partial charge in [-0.3, -0.25) is 14.1 Å². The Balaban J connectivity index is 1.64. The van der Waals surface area contributed by atoms with Crippen LogP contribution in [0.2, 0.25) is 0 Å². The van der Waals surface area contributed by atoms with Crippen molar-refractivity contribution in [3.8, 4) is 11.4 Å². The number of aromatic nitrogens is 5. The van der Waals surface area contributed by atoms with E-state index in [1.54, 1.807) is 0 Å². The fourth-order valence-corrected chi connectivity index (χ4v) is 5.29. The van der Waals surface area contributed by atoms with Crippen LogP contribution in [-0.2, 0) is 13.0 Å². The summed E-state index contributed by atoms with van der Waals surface area (Å²) in [6.07, 6.45) is 0.765. The molecule has 0 bridgehead atoms. The number of allylic oxidation sites excluding steroid dienone is 1. The minimum atomic E-state index is -0.586. The van der Waals surface area contributed by atoms with E-state index in [1.807, 2.05) is 26.0 Å². The number of nitrogens with zero attached hydrogens (tertiary/aromatic N) is 4. The fourth-order valence-electron chi connectivity index (χ4n) is 5.29. The molecule has 0 aliphatic carbocycles. The number of aromatic amines is 1. The van der Waals surface area contributed by atoms with Crippen LogP contribution in [0.5, 0.6) is 5.75 Å². The molecule has 1 aliphatic rings. The third kappa shape index (κ3) is 3.67. The zero-order chi connectivity index (χ0) is 25.8. The molecule has 4 heterocycles. The number of hydrogen-bond acceptors (Lipinski definition) is 6. The molecule has 186 valence electrons. The number of benzene rings is 2. The molecule has 0 saturated carbocycles. The standard InChI is InChI=1S/C29H27N5O3/c1-6-23-31-26-16(3)11-17(4)30-28(26)34(23)20-12-15(2)24-22(13-20)36-14-19-9-7-8-10-21(19)25(24)18(5)27-32-29(35)37-33-27/h7-13H,6,14H2,1-5H3,(H,32,33,35)/b25-18+. The molecule has 0 saturated heterocycles. The number of nitrogens with one attached hydrogen (secondary N) is 1. The highest BCUT2D eigenvalue weighted by atomic mass is 16.5. The van der Waals surface area contributed by atoms with E-state index in [9.17, 15) is 4.79 Å². The number of imidazole rings is 1. The Labute approximate surface area is 213 Å². The first-order valence-corrected chi connectivity index (χ1v) is 12.3. The Bertz CT molecular complexity index is 1790. The second kappa shape index (κ2) is 8.58. The van der Waals surface area contributed by atoms with Gasteiger partial charge >= 0.3 is 5.76 Å². The summed E-state index contributed by atoms with van der Waals surface area (Å²) in [7, 11) is 0. The van der Waals surface area contributed by atoms with Crippen molar-refractivity contribution < 1.29 is 9.26 Å². The highest BCUT2D eigenvalue weighted by Gasteiger charge is 2.26. The van der Waals surface area contributed by atoms with Gasteiger partial charge in [0.25, 0.3) is 0 Å². The number of rotatable bonds is 3. The quantitative estimate of drug-likeness (QED) is 0.359. The second-order valence-electron chi connectivity index (χ2n) is 9.50. The van der Waals surface area contributed by atoms with E-state index in [2.05, 4.69) is 65.8 Å². The summed E-state index contributed by atoms with van der Waals surface area (Å²) in [5.41, 5.74) is 10.6. The van der Waals surface area contributed by atoms with Crippen LogP contribution in [0.3, 0.4) is 0 Å². The molecular weight excluding hydrogens is 466 g/mol. The summed E-state index contributed by atoms with van der Waals surface area (Å²) >= 11 is 0. The summed E-state index contributed by atoms with van der Waals surface area (Å²) in [5.74, 6) is 1.51. The molecule has 2 aromatic carbocycles. The highest BCUT2D eigenvalue weighted by molar-refractivity contribution is 6.00. The molecule has 8 heteroatoms. The minimum Gasteiger partial charge on any atom is -0.488 e. The van der Waals surface area contributed by atoms with Gasteiger partial charge in [-0.15, -0.1) is 0 Å². The first-order chi connectivity index (χ1) is 17.9. The van der Waals surface area contributed by atoms with Crippen molar-refractivity contribution in [3.63, 3.8) is 0 Å². The average molecular weight is 494 g/mol. The average Bonchev–Trinajstić information content (AvgIpc) is 3.43. The van der Waals surface area contributed by atoms with Gasteiger partial charge in [-0.05, 0) is 67.7 Å². The maximum Gasteiger partial charge on any atom is 0.439 e. The number of hydrogen-bond donors (Lipinski definition) is 1. The molecule has 0 atom stereocenters. The van der Waals surface area contributed by atoms with Gasteiger partial charge in [0.15, 0.2) is 11.5 Å². The van der Waals surface area contributed by atoms with Gasteiger partial charge in [0.1, 0.15) is 23.7 Å². The van der Waals surface area contributed by atoms with E-state index < -0.39 is 5.76 Å². The van der Waals surface area contributed by atoms with E-state index >= 15 is 0 Å². The van der Waals surface area contributed by atoms with Crippen LogP contribution in [0.4, 0.5) is 0 Å². The van der Waals surface area contributed by atoms with Crippen molar-refractivity contribution in [2.75, 3.05) is 0 Å².